The van der Waals surface area contributed by atoms with Gasteiger partial charge in [-0.05, 0) is 49.9 Å². The van der Waals surface area contributed by atoms with E-state index in [1.807, 2.05) is 11.0 Å². The molecule has 0 atom stereocenters. The van der Waals surface area contributed by atoms with Crippen molar-refractivity contribution in [3.63, 3.8) is 0 Å². The Morgan fingerprint density at radius 2 is 1.90 bits per heavy atom. The zero-order valence-electron chi connectivity index (χ0n) is 12.9. The van der Waals surface area contributed by atoms with Crippen molar-refractivity contribution in [3.05, 3.63) is 29.3 Å². The lowest BCUT2D eigenvalue weighted by Gasteiger charge is -2.33. The summed E-state index contributed by atoms with van der Waals surface area (Å²) < 4.78 is 6.05. The molecule has 0 radical (unpaired) electrons. The summed E-state index contributed by atoms with van der Waals surface area (Å²) in [5, 5.41) is 0. The van der Waals surface area contributed by atoms with E-state index in [1.54, 1.807) is 0 Å². The van der Waals surface area contributed by atoms with E-state index in [1.165, 1.54) is 11.1 Å². The molecule has 4 nitrogen and oxygen atoms in total. The fourth-order valence-electron chi connectivity index (χ4n) is 2.82. The van der Waals surface area contributed by atoms with Gasteiger partial charge < -0.3 is 15.4 Å². The minimum atomic E-state index is -0.540. The summed E-state index contributed by atoms with van der Waals surface area (Å²) in [5.74, 6) is 1.06. The van der Waals surface area contributed by atoms with Crippen molar-refractivity contribution in [2.45, 2.75) is 51.2 Å². The summed E-state index contributed by atoms with van der Waals surface area (Å²) in [6, 6.07) is 6.21. The number of carbonyl (C=O) groups is 1. The van der Waals surface area contributed by atoms with Gasteiger partial charge in [-0.2, -0.15) is 0 Å². The molecule has 2 N–H and O–H groups in total. The van der Waals surface area contributed by atoms with Crippen LogP contribution in [0.1, 0.15) is 36.8 Å². The Kier molecular flexibility index (Phi) is 3.66. The van der Waals surface area contributed by atoms with Crippen molar-refractivity contribution in [3.8, 4) is 5.75 Å². The monoisotopic (exact) mass is 288 g/mol. The quantitative estimate of drug-likeness (QED) is 0.927. The molecule has 4 heteroatoms. The number of hydrogen-bond acceptors (Lipinski definition) is 3. The summed E-state index contributed by atoms with van der Waals surface area (Å²) in [6.45, 7) is 5.71. The van der Waals surface area contributed by atoms with Gasteiger partial charge in [0, 0.05) is 25.9 Å². The molecule has 2 aliphatic rings. The highest BCUT2D eigenvalue weighted by atomic mass is 16.5. The molecule has 3 rings (SSSR count). The van der Waals surface area contributed by atoms with Crippen LogP contribution < -0.4 is 10.5 Å². The molecular formula is C17H24N2O2. The molecule has 0 aromatic heterocycles. The summed E-state index contributed by atoms with van der Waals surface area (Å²) >= 11 is 0. The van der Waals surface area contributed by atoms with Crippen LogP contribution >= 0.6 is 0 Å². The first-order chi connectivity index (χ1) is 9.98. The molecule has 114 valence electrons. The van der Waals surface area contributed by atoms with Crippen LogP contribution in [-0.4, -0.2) is 35.5 Å². The van der Waals surface area contributed by atoms with E-state index < -0.39 is 5.54 Å². The van der Waals surface area contributed by atoms with Crippen molar-refractivity contribution < 1.29 is 9.53 Å². The van der Waals surface area contributed by atoms with E-state index in [0.717, 1.165) is 44.5 Å². The predicted octanol–water partition coefficient (Wildman–Crippen LogP) is 2.16. The SMILES string of the molecule is Cc1ccc(OC2CCN(C(=O)C3(N)CC3)CC2)cc1C. The van der Waals surface area contributed by atoms with Gasteiger partial charge in [0.15, 0.2) is 0 Å². The van der Waals surface area contributed by atoms with Gasteiger partial charge in [0.2, 0.25) is 5.91 Å². The average molecular weight is 288 g/mol. The molecule has 1 aromatic carbocycles. The molecule has 0 unspecified atom stereocenters. The van der Waals surface area contributed by atoms with Gasteiger partial charge in [0.25, 0.3) is 0 Å². The van der Waals surface area contributed by atoms with Gasteiger partial charge in [-0.25, -0.2) is 0 Å². The third-order valence-corrected chi connectivity index (χ3v) is 4.72. The average Bonchev–Trinajstić information content (AvgIpc) is 3.22. The minimum absolute atomic E-state index is 0.132. The number of hydrogen-bond donors (Lipinski definition) is 1. The number of ether oxygens (including phenoxy) is 1. The first kappa shape index (κ1) is 14.4. The van der Waals surface area contributed by atoms with Gasteiger partial charge in [0.1, 0.15) is 11.9 Å². The Bertz CT molecular complexity index is 544. The summed E-state index contributed by atoms with van der Waals surface area (Å²) in [7, 11) is 0. The van der Waals surface area contributed by atoms with Crippen LogP contribution in [0.15, 0.2) is 18.2 Å². The maximum absolute atomic E-state index is 12.2. The molecule has 1 aliphatic carbocycles. The van der Waals surface area contributed by atoms with Gasteiger partial charge in [-0.1, -0.05) is 6.07 Å². The molecule has 1 heterocycles. The minimum Gasteiger partial charge on any atom is -0.490 e. The second-order valence-corrected chi connectivity index (χ2v) is 6.51. The second kappa shape index (κ2) is 5.34. The van der Waals surface area contributed by atoms with Crippen LogP contribution in [0.2, 0.25) is 0 Å². The lowest BCUT2D eigenvalue weighted by molar-refractivity contribution is -0.135. The van der Waals surface area contributed by atoms with Crippen molar-refractivity contribution in [1.29, 1.82) is 0 Å². The zero-order chi connectivity index (χ0) is 15.0. The largest absolute Gasteiger partial charge is 0.490 e. The first-order valence-corrected chi connectivity index (χ1v) is 7.80. The number of likely N-dealkylation sites (tertiary alicyclic amines) is 1. The number of piperidine rings is 1. The van der Waals surface area contributed by atoms with Crippen molar-refractivity contribution >= 4 is 5.91 Å². The zero-order valence-corrected chi connectivity index (χ0v) is 12.9. The summed E-state index contributed by atoms with van der Waals surface area (Å²) in [4.78, 5) is 14.1. The number of rotatable bonds is 3. The molecule has 0 bridgehead atoms. The molecule has 1 aliphatic heterocycles. The number of amides is 1. The topological polar surface area (TPSA) is 55.6 Å². The standard InChI is InChI=1S/C17H24N2O2/c1-12-3-4-15(11-13(12)2)21-14-5-9-19(10-6-14)16(20)17(18)7-8-17/h3-4,11,14H,5-10,18H2,1-2H3. The van der Waals surface area contributed by atoms with Crippen molar-refractivity contribution in [2.75, 3.05) is 13.1 Å². The Labute approximate surface area is 126 Å². The third-order valence-electron chi connectivity index (χ3n) is 4.72. The van der Waals surface area contributed by atoms with Gasteiger partial charge in [-0.15, -0.1) is 0 Å². The third kappa shape index (κ3) is 3.05. The van der Waals surface area contributed by atoms with E-state index in [4.69, 9.17) is 10.5 Å². The summed E-state index contributed by atoms with van der Waals surface area (Å²) in [5.41, 5.74) is 7.97. The van der Waals surface area contributed by atoms with E-state index >= 15 is 0 Å². The highest BCUT2D eigenvalue weighted by molar-refractivity contribution is 5.89. The number of carbonyl (C=O) groups excluding carboxylic acids is 1. The number of benzene rings is 1. The normalized spacial score (nSPS) is 21.2. The van der Waals surface area contributed by atoms with E-state index in [0.29, 0.717) is 0 Å². The molecule has 21 heavy (non-hydrogen) atoms. The van der Waals surface area contributed by atoms with Crippen LogP contribution in [0, 0.1) is 13.8 Å². The van der Waals surface area contributed by atoms with Crippen molar-refractivity contribution in [1.82, 2.24) is 4.90 Å². The first-order valence-electron chi connectivity index (χ1n) is 7.80. The van der Waals surface area contributed by atoms with E-state index in [-0.39, 0.29) is 12.0 Å². The van der Waals surface area contributed by atoms with Crippen LogP contribution in [0.4, 0.5) is 0 Å². The molecular weight excluding hydrogens is 264 g/mol. The van der Waals surface area contributed by atoms with Crippen molar-refractivity contribution in [2.24, 2.45) is 5.73 Å². The van der Waals surface area contributed by atoms with Crippen LogP contribution in [0.5, 0.6) is 5.75 Å². The number of nitrogens with two attached hydrogens (primary N) is 1. The molecule has 1 aromatic rings. The highest BCUT2D eigenvalue weighted by Gasteiger charge is 2.48. The fraction of sp³-hybridized carbons (Fsp3) is 0.588. The van der Waals surface area contributed by atoms with E-state index in [9.17, 15) is 4.79 Å². The Balaban J connectivity index is 1.53. The maximum atomic E-state index is 12.2. The molecule has 2 fully saturated rings. The van der Waals surface area contributed by atoms with Crippen LogP contribution in [0.3, 0.4) is 0 Å². The second-order valence-electron chi connectivity index (χ2n) is 6.51. The predicted molar refractivity (Wildman–Crippen MR) is 82.3 cm³/mol. The lowest BCUT2D eigenvalue weighted by atomic mass is 10.1. The molecule has 1 amide bonds. The maximum Gasteiger partial charge on any atom is 0.242 e. The lowest BCUT2D eigenvalue weighted by Crippen LogP contribution is -2.50. The Morgan fingerprint density at radius 3 is 2.48 bits per heavy atom. The Morgan fingerprint density at radius 1 is 1.24 bits per heavy atom. The van der Waals surface area contributed by atoms with E-state index in [2.05, 4.69) is 26.0 Å². The highest BCUT2D eigenvalue weighted by Crippen LogP contribution is 2.35. The molecule has 1 saturated heterocycles. The molecule has 1 saturated carbocycles. The Hall–Kier alpha value is -1.55. The van der Waals surface area contributed by atoms with Gasteiger partial charge in [-0.3, -0.25) is 4.79 Å². The summed E-state index contributed by atoms with van der Waals surface area (Å²) in [6.07, 6.45) is 3.64. The molecule has 0 spiro atoms. The van der Waals surface area contributed by atoms with Crippen LogP contribution in [0.25, 0.3) is 0 Å². The van der Waals surface area contributed by atoms with Gasteiger partial charge >= 0.3 is 0 Å². The fourth-order valence-corrected chi connectivity index (χ4v) is 2.82. The van der Waals surface area contributed by atoms with Crippen LogP contribution in [-0.2, 0) is 4.79 Å². The number of nitrogens with zero attached hydrogens (tertiary/aromatic N) is 1. The number of aryl methyl sites for hydroxylation is 2. The smallest absolute Gasteiger partial charge is 0.242 e. The van der Waals surface area contributed by atoms with Gasteiger partial charge in [0.05, 0.1) is 5.54 Å².